The lowest BCUT2D eigenvalue weighted by atomic mass is 9.92. The fourth-order valence-electron chi connectivity index (χ4n) is 2.67. The Hall–Kier alpha value is -1.33. The summed E-state index contributed by atoms with van der Waals surface area (Å²) in [5.74, 6) is 1.48. The number of hydrogen-bond donors (Lipinski definition) is 2. The number of aliphatic hydroxyl groups excluding tert-OH is 1. The molecule has 2 aliphatic rings. The number of rotatable bonds is 3. The second-order valence-corrected chi connectivity index (χ2v) is 5.16. The van der Waals surface area contributed by atoms with Gasteiger partial charge in [0.05, 0.1) is 18.0 Å². The Balaban J connectivity index is 1.60. The van der Waals surface area contributed by atoms with Crippen molar-refractivity contribution >= 4 is 0 Å². The van der Waals surface area contributed by atoms with Crippen molar-refractivity contribution in [3.8, 4) is 11.5 Å². The van der Waals surface area contributed by atoms with E-state index in [0.717, 1.165) is 30.7 Å². The van der Waals surface area contributed by atoms with E-state index < -0.39 is 0 Å². The van der Waals surface area contributed by atoms with Crippen molar-refractivity contribution in [2.75, 3.05) is 13.2 Å². The van der Waals surface area contributed by atoms with E-state index in [9.17, 15) is 5.11 Å². The standard InChI is InChI=1S/C14H20N2O3/c17-12-4-2-1-3-11(12)16-8-10-7-13-14(9-15-10)19-6-5-18-13/h7,9,11-12,16-17H,1-6,8H2/t11-,12-/m1/s1. The van der Waals surface area contributed by atoms with Crippen molar-refractivity contribution in [2.45, 2.75) is 44.4 Å². The summed E-state index contributed by atoms with van der Waals surface area (Å²) in [5, 5.41) is 13.3. The van der Waals surface area contributed by atoms with E-state index in [1.807, 2.05) is 6.07 Å². The summed E-state index contributed by atoms with van der Waals surface area (Å²) in [6, 6.07) is 2.10. The second-order valence-electron chi connectivity index (χ2n) is 5.16. The monoisotopic (exact) mass is 264 g/mol. The van der Waals surface area contributed by atoms with Crippen LogP contribution in [-0.4, -0.2) is 35.5 Å². The molecule has 5 nitrogen and oxygen atoms in total. The predicted molar refractivity (Wildman–Crippen MR) is 70.3 cm³/mol. The van der Waals surface area contributed by atoms with Crippen molar-refractivity contribution in [1.29, 1.82) is 0 Å². The first-order valence-corrected chi connectivity index (χ1v) is 6.99. The molecule has 0 saturated heterocycles. The molecule has 1 aromatic heterocycles. The molecule has 0 spiro atoms. The molecule has 2 atom stereocenters. The number of hydrogen-bond acceptors (Lipinski definition) is 5. The van der Waals surface area contributed by atoms with Gasteiger partial charge in [0, 0.05) is 18.7 Å². The van der Waals surface area contributed by atoms with Crippen LogP contribution < -0.4 is 14.8 Å². The molecule has 0 bridgehead atoms. The molecule has 2 heterocycles. The Bertz CT molecular complexity index is 439. The van der Waals surface area contributed by atoms with Crippen LogP contribution in [0.1, 0.15) is 31.4 Å². The van der Waals surface area contributed by atoms with Gasteiger partial charge in [0.2, 0.25) is 0 Å². The maximum atomic E-state index is 9.91. The van der Waals surface area contributed by atoms with Gasteiger partial charge in [0.25, 0.3) is 0 Å². The number of nitrogens with zero attached hydrogens (tertiary/aromatic N) is 1. The van der Waals surface area contributed by atoms with E-state index >= 15 is 0 Å². The van der Waals surface area contributed by atoms with Gasteiger partial charge in [-0.15, -0.1) is 0 Å². The first-order chi connectivity index (χ1) is 9.33. The Morgan fingerprint density at radius 2 is 2.00 bits per heavy atom. The average molecular weight is 264 g/mol. The molecule has 5 heteroatoms. The summed E-state index contributed by atoms with van der Waals surface area (Å²) in [4.78, 5) is 4.35. The smallest absolute Gasteiger partial charge is 0.179 e. The zero-order chi connectivity index (χ0) is 13.1. The molecule has 0 amide bonds. The van der Waals surface area contributed by atoms with Gasteiger partial charge in [0.1, 0.15) is 13.2 Å². The fraction of sp³-hybridized carbons (Fsp3) is 0.643. The average Bonchev–Trinajstić information content (AvgIpc) is 2.46. The summed E-state index contributed by atoms with van der Waals surface area (Å²) in [5.41, 5.74) is 0.919. The maximum absolute atomic E-state index is 9.91. The van der Waals surface area contributed by atoms with Crippen LogP contribution in [0.25, 0.3) is 0 Å². The second kappa shape index (κ2) is 5.75. The van der Waals surface area contributed by atoms with Crippen LogP contribution in [-0.2, 0) is 6.54 Å². The lowest BCUT2D eigenvalue weighted by Crippen LogP contribution is -2.41. The van der Waals surface area contributed by atoms with Gasteiger partial charge in [-0.1, -0.05) is 12.8 Å². The molecule has 1 aromatic rings. The summed E-state index contributed by atoms with van der Waals surface area (Å²) < 4.78 is 11.0. The molecule has 0 aromatic carbocycles. The van der Waals surface area contributed by atoms with Crippen molar-refractivity contribution in [2.24, 2.45) is 0 Å². The lowest BCUT2D eigenvalue weighted by Gasteiger charge is -2.28. The van der Waals surface area contributed by atoms with Crippen LogP contribution in [0.5, 0.6) is 11.5 Å². The molecule has 1 fully saturated rings. The van der Waals surface area contributed by atoms with Crippen molar-refractivity contribution in [3.63, 3.8) is 0 Å². The molecular weight excluding hydrogens is 244 g/mol. The normalized spacial score (nSPS) is 26.2. The zero-order valence-electron chi connectivity index (χ0n) is 11.0. The first kappa shape index (κ1) is 12.7. The van der Waals surface area contributed by atoms with Crippen LogP contribution in [0.4, 0.5) is 0 Å². The topological polar surface area (TPSA) is 63.6 Å². The molecular formula is C14H20N2O3. The molecule has 104 valence electrons. The molecule has 0 radical (unpaired) electrons. The molecule has 1 aliphatic heterocycles. The minimum atomic E-state index is -0.231. The Kier molecular flexibility index (Phi) is 3.84. The Morgan fingerprint density at radius 1 is 1.21 bits per heavy atom. The quantitative estimate of drug-likeness (QED) is 0.860. The van der Waals surface area contributed by atoms with Crippen molar-refractivity contribution in [1.82, 2.24) is 10.3 Å². The minimum absolute atomic E-state index is 0.184. The molecule has 2 N–H and O–H groups in total. The van der Waals surface area contributed by atoms with E-state index in [1.165, 1.54) is 6.42 Å². The lowest BCUT2D eigenvalue weighted by molar-refractivity contribution is 0.0900. The van der Waals surface area contributed by atoms with E-state index in [0.29, 0.717) is 25.5 Å². The highest BCUT2D eigenvalue weighted by molar-refractivity contribution is 5.39. The molecule has 1 aliphatic carbocycles. The number of pyridine rings is 1. The molecule has 0 unspecified atom stereocenters. The molecule has 1 saturated carbocycles. The number of aromatic nitrogens is 1. The highest BCUT2D eigenvalue weighted by Gasteiger charge is 2.22. The Morgan fingerprint density at radius 3 is 2.84 bits per heavy atom. The van der Waals surface area contributed by atoms with Gasteiger partial charge in [-0.05, 0) is 12.8 Å². The number of fused-ring (bicyclic) bond motifs is 1. The predicted octanol–water partition coefficient (Wildman–Crippen LogP) is 1.25. The van der Waals surface area contributed by atoms with Crippen LogP contribution in [0.2, 0.25) is 0 Å². The minimum Gasteiger partial charge on any atom is -0.486 e. The fourth-order valence-corrected chi connectivity index (χ4v) is 2.67. The van der Waals surface area contributed by atoms with Crippen molar-refractivity contribution in [3.05, 3.63) is 18.0 Å². The van der Waals surface area contributed by atoms with E-state index in [2.05, 4.69) is 10.3 Å². The summed E-state index contributed by atoms with van der Waals surface area (Å²) in [6.45, 7) is 1.82. The Labute approximate surface area is 112 Å². The highest BCUT2D eigenvalue weighted by atomic mass is 16.6. The zero-order valence-corrected chi connectivity index (χ0v) is 11.0. The third kappa shape index (κ3) is 2.98. The van der Waals surface area contributed by atoms with Crippen LogP contribution in [0.3, 0.4) is 0 Å². The number of nitrogens with one attached hydrogen (secondary N) is 1. The van der Waals surface area contributed by atoms with Crippen molar-refractivity contribution < 1.29 is 14.6 Å². The first-order valence-electron chi connectivity index (χ1n) is 6.99. The molecule has 19 heavy (non-hydrogen) atoms. The molecule has 3 rings (SSSR count). The number of aliphatic hydroxyl groups is 1. The third-order valence-electron chi connectivity index (χ3n) is 3.76. The third-order valence-corrected chi connectivity index (χ3v) is 3.76. The summed E-state index contributed by atoms with van der Waals surface area (Å²) in [7, 11) is 0. The van der Waals surface area contributed by atoms with Gasteiger partial charge in [-0.25, -0.2) is 0 Å². The summed E-state index contributed by atoms with van der Waals surface area (Å²) >= 11 is 0. The van der Waals surface area contributed by atoms with E-state index in [4.69, 9.17) is 9.47 Å². The SMILES string of the molecule is O[C@@H]1CCCC[C@H]1NCc1cc2c(cn1)OCCO2. The van der Waals surface area contributed by atoms with Gasteiger partial charge in [-0.3, -0.25) is 4.98 Å². The highest BCUT2D eigenvalue weighted by Crippen LogP contribution is 2.29. The van der Waals surface area contributed by atoms with Crippen LogP contribution >= 0.6 is 0 Å². The maximum Gasteiger partial charge on any atom is 0.179 e. The van der Waals surface area contributed by atoms with Gasteiger partial charge >= 0.3 is 0 Å². The van der Waals surface area contributed by atoms with Gasteiger partial charge < -0.3 is 19.9 Å². The van der Waals surface area contributed by atoms with Crippen LogP contribution in [0.15, 0.2) is 12.3 Å². The number of ether oxygens (including phenoxy) is 2. The van der Waals surface area contributed by atoms with Crippen LogP contribution in [0, 0.1) is 0 Å². The largest absolute Gasteiger partial charge is 0.486 e. The summed E-state index contributed by atoms with van der Waals surface area (Å²) in [6.07, 6.45) is 5.72. The van der Waals surface area contributed by atoms with E-state index in [1.54, 1.807) is 6.20 Å². The van der Waals surface area contributed by atoms with Gasteiger partial charge in [0.15, 0.2) is 11.5 Å². The van der Waals surface area contributed by atoms with Gasteiger partial charge in [-0.2, -0.15) is 0 Å². The van der Waals surface area contributed by atoms with E-state index in [-0.39, 0.29) is 12.1 Å².